The molecule has 0 bridgehead atoms. The molecule has 94 valence electrons. The van der Waals surface area contributed by atoms with Gasteiger partial charge in [-0.25, -0.2) is 8.42 Å². The van der Waals surface area contributed by atoms with E-state index in [0.717, 1.165) is 12.1 Å². The minimum atomic E-state index is -4.47. The molecule has 0 saturated carbocycles. The number of hydrogen-bond donors (Lipinski definition) is 0. The van der Waals surface area contributed by atoms with Crippen molar-refractivity contribution in [2.45, 2.75) is 25.7 Å². The number of ether oxygens (including phenoxy) is 1. The zero-order valence-electron chi connectivity index (χ0n) is 9.76. The van der Waals surface area contributed by atoms with Crippen molar-refractivity contribution in [3.05, 3.63) is 24.3 Å². The van der Waals surface area contributed by atoms with Crippen molar-refractivity contribution < 1.29 is 22.5 Å². The first-order chi connectivity index (χ1) is 7.60. The summed E-state index contributed by atoms with van der Waals surface area (Å²) in [6, 6.07) is 4.75. The van der Waals surface area contributed by atoms with Crippen LogP contribution in [0.5, 0.6) is 5.75 Å². The van der Waals surface area contributed by atoms with E-state index >= 15 is 0 Å². The van der Waals surface area contributed by atoms with Crippen molar-refractivity contribution >= 4 is 16.1 Å². The molecule has 0 aliphatic rings. The SMILES string of the molecule is CC(C)(C)C(=O)Oc1ccc(S(=O)(=O)[O-])cc1. The van der Waals surface area contributed by atoms with E-state index in [1.807, 2.05) is 0 Å². The van der Waals surface area contributed by atoms with Crippen LogP contribution in [-0.2, 0) is 14.9 Å². The molecule has 6 heteroatoms. The lowest BCUT2D eigenvalue weighted by Crippen LogP contribution is -2.25. The van der Waals surface area contributed by atoms with Crippen molar-refractivity contribution in [1.82, 2.24) is 0 Å². The van der Waals surface area contributed by atoms with Crippen LogP contribution in [0.25, 0.3) is 0 Å². The Kier molecular flexibility index (Phi) is 3.59. The molecular formula is C11H13O5S-. The van der Waals surface area contributed by atoms with E-state index < -0.39 is 21.5 Å². The Balaban J connectivity index is 2.87. The fourth-order valence-corrected chi connectivity index (χ4v) is 1.40. The van der Waals surface area contributed by atoms with Crippen LogP contribution >= 0.6 is 0 Å². The lowest BCUT2D eigenvalue weighted by molar-refractivity contribution is -0.142. The van der Waals surface area contributed by atoms with Crippen LogP contribution in [0.3, 0.4) is 0 Å². The van der Waals surface area contributed by atoms with Gasteiger partial charge in [-0.15, -0.1) is 0 Å². The van der Waals surface area contributed by atoms with Gasteiger partial charge in [0, 0.05) is 0 Å². The Bertz CT molecular complexity index is 508. The molecule has 0 aromatic heterocycles. The van der Waals surface area contributed by atoms with E-state index in [2.05, 4.69) is 0 Å². The molecule has 0 fully saturated rings. The van der Waals surface area contributed by atoms with E-state index in [9.17, 15) is 17.8 Å². The highest BCUT2D eigenvalue weighted by Gasteiger charge is 2.23. The predicted molar refractivity (Wildman–Crippen MR) is 59.5 cm³/mol. The molecule has 0 spiro atoms. The minimum absolute atomic E-state index is 0.206. The van der Waals surface area contributed by atoms with Gasteiger partial charge in [0.05, 0.1) is 10.3 Å². The second-order valence-corrected chi connectivity index (χ2v) is 5.94. The molecule has 1 aromatic carbocycles. The number of hydrogen-bond acceptors (Lipinski definition) is 5. The summed E-state index contributed by atoms with van der Waals surface area (Å²) < 4.78 is 37.0. The largest absolute Gasteiger partial charge is 0.744 e. The predicted octanol–water partition coefficient (Wildman–Crippen LogP) is 1.54. The second kappa shape index (κ2) is 4.46. The van der Waals surface area contributed by atoms with Crippen molar-refractivity contribution in [2.75, 3.05) is 0 Å². The summed E-state index contributed by atoms with van der Waals surface area (Å²) >= 11 is 0. The van der Waals surface area contributed by atoms with Gasteiger partial charge < -0.3 is 9.29 Å². The lowest BCUT2D eigenvalue weighted by Gasteiger charge is -2.16. The Hall–Kier alpha value is -1.40. The van der Waals surface area contributed by atoms with E-state index in [1.165, 1.54) is 12.1 Å². The van der Waals surface area contributed by atoms with Gasteiger partial charge in [0.25, 0.3) is 0 Å². The maximum atomic E-state index is 11.5. The van der Waals surface area contributed by atoms with Crippen LogP contribution in [0.1, 0.15) is 20.8 Å². The van der Waals surface area contributed by atoms with Crippen molar-refractivity contribution in [3.8, 4) is 5.75 Å². The van der Waals surface area contributed by atoms with Gasteiger partial charge in [-0.05, 0) is 45.0 Å². The molecule has 17 heavy (non-hydrogen) atoms. The second-order valence-electron chi connectivity index (χ2n) is 4.57. The van der Waals surface area contributed by atoms with Crippen molar-refractivity contribution in [2.24, 2.45) is 5.41 Å². The summed E-state index contributed by atoms with van der Waals surface area (Å²) in [4.78, 5) is 11.2. The van der Waals surface area contributed by atoms with Crippen molar-refractivity contribution in [3.63, 3.8) is 0 Å². The van der Waals surface area contributed by atoms with Crippen LogP contribution in [-0.4, -0.2) is 18.9 Å². The summed E-state index contributed by atoms with van der Waals surface area (Å²) in [7, 11) is -4.47. The van der Waals surface area contributed by atoms with Gasteiger partial charge in [0.15, 0.2) is 0 Å². The molecule has 0 aliphatic carbocycles. The molecule has 0 atom stereocenters. The molecule has 0 N–H and O–H groups in total. The Morgan fingerprint density at radius 2 is 1.65 bits per heavy atom. The number of carbonyl (C=O) groups is 1. The topological polar surface area (TPSA) is 83.5 Å². The maximum absolute atomic E-state index is 11.5. The summed E-state index contributed by atoms with van der Waals surface area (Å²) in [6.07, 6.45) is 0. The van der Waals surface area contributed by atoms with Crippen LogP contribution in [0, 0.1) is 5.41 Å². The lowest BCUT2D eigenvalue weighted by atomic mass is 9.97. The van der Waals surface area contributed by atoms with E-state index in [0.29, 0.717) is 0 Å². The smallest absolute Gasteiger partial charge is 0.316 e. The highest BCUT2D eigenvalue weighted by Crippen LogP contribution is 2.20. The average Bonchev–Trinajstić information content (AvgIpc) is 2.15. The Morgan fingerprint density at radius 3 is 2.00 bits per heavy atom. The fourth-order valence-electron chi connectivity index (χ4n) is 0.934. The highest BCUT2D eigenvalue weighted by molar-refractivity contribution is 7.85. The Morgan fingerprint density at radius 1 is 1.18 bits per heavy atom. The van der Waals surface area contributed by atoms with E-state index in [4.69, 9.17) is 4.74 Å². The molecule has 0 aliphatic heterocycles. The molecule has 0 amide bonds. The average molecular weight is 257 g/mol. The number of rotatable bonds is 2. The first-order valence-corrected chi connectivity index (χ1v) is 6.30. The van der Waals surface area contributed by atoms with Gasteiger partial charge >= 0.3 is 5.97 Å². The van der Waals surface area contributed by atoms with Gasteiger partial charge in [0.1, 0.15) is 15.9 Å². The first kappa shape index (κ1) is 13.7. The van der Waals surface area contributed by atoms with Gasteiger partial charge in [-0.2, -0.15) is 0 Å². The van der Waals surface area contributed by atoms with E-state index in [1.54, 1.807) is 20.8 Å². The molecule has 0 unspecified atom stereocenters. The van der Waals surface area contributed by atoms with Gasteiger partial charge in [0.2, 0.25) is 0 Å². The monoisotopic (exact) mass is 257 g/mol. The zero-order valence-corrected chi connectivity index (χ0v) is 10.6. The van der Waals surface area contributed by atoms with Crippen LogP contribution in [0.15, 0.2) is 29.2 Å². The molecule has 1 aromatic rings. The molecular weight excluding hydrogens is 244 g/mol. The zero-order chi connectivity index (χ0) is 13.3. The normalized spacial score (nSPS) is 12.2. The summed E-state index contributed by atoms with van der Waals surface area (Å²) in [5, 5.41) is 0. The first-order valence-electron chi connectivity index (χ1n) is 4.89. The third-order valence-corrected chi connectivity index (χ3v) is 2.78. The van der Waals surface area contributed by atoms with Gasteiger partial charge in [-0.3, -0.25) is 4.79 Å². The van der Waals surface area contributed by atoms with Gasteiger partial charge in [-0.1, -0.05) is 0 Å². The molecule has 0 saturated heterocycles. The number of carbonyl (C=O) groups excluding carboxylic acids is 1. The standard InChI is InChI=1S/C11H14O5S/c1-11(2,3)10(12)16-8-4-6-9(7-5-8)17(13,14)15/h4-7H,1-3H3,(H,13,14,15)/p-1. The molecule has 0 heterocycles. The fraction of sp³-hybridized carbons (Fsp3) is 0.364. The molecule has 0 radical (unpaired) electrons. The van der Waals surface area contributed by atoms with Crippen LogP contribution in [0.2, 0.25) is 0 Å². The highest BCUT2D eigenvalue weighted by atomic mass is 32.2. The number of benzene rings is 1. The molecule has 5 nitrogen and oxygen atoms in total. The Labute approximate surface area is 100 Å². The van der Waals surface area contributed by atoms with Crippen LogP contribution < -0.4 is 4.74 Å². The number of esters is 1. The summed E-state index contributed by atoms with van der Waals surface area (Å²) in [6.45, 7) is 5.10. The quantitative estimate of drug-likeness (QED) is 0.456. The third kappa shape index (κ3) is 3.83. The summed E-state index contributed by atoms with van der Waals surface area (Å²) in [5.41, 5.74) is -0.650. The van der Waals surface area contributed by atoms with E-state index in [-0.39, 0.29) is 10.6 Å². The maximum Gasteiger partial charge on any atom is 0.316 e. The third-order valence-electron chi connectivity index (χ3n) is 1.94. The van der Waals surface area contributed by atoms with Crippen LogP contribution in [0.4, 0.5) is 0 Å². The molecule has 1 rings (SSSR count). The van der Waals surface area contributed by atoms with Crippen molar-refractivity contribution in [1.29, 1.82) is 0 Å². The minimum Gasteiger partial charge on any atom is -0.744 e. The summed E-state index contributed by atoms with van der Waals surface area (Å²) in [5.74, 6) is -0.229.